The molecule has 0 fully saturated rings. The third-order valence-corrected chi connectivity index (χ3v) is 2.44. The smallest absolute Gasteiger partial charge is 0.226 e. The first-order valence-electron chi connectivity index (χ1n) is 5.70. The Kier molecular flexibility index (Phi) is 4.11. The molecule has 0 saturated heterocycles. The van der Waals surface area contributed by atoms with Crippen molar-refractivity contribution in [1.82, 2.24) is 9.97 Å². The van der Waals surface area contributed by atoms with Crippen LogP contribution in [0.2, 0.25) is 0 Å². The molecular formula is C12H15N5O2. The van der Waals surface area contributed by atoms with Crippen LogP contribution in [0.5, 0.6) is 11.6 Å². The van der Waals surface area contributed by atoms with E-state index < -0.39 is 0 Å². The average Bonchev–Trinajstić information content (AvgIpc) is 2.40. The Labute approximate surface area is 110 Å². The number of aromatic nitrogens is 2. The van der Waals surface area contributed by atoms with Crippen LogP contribution >= 0.6 is 0 Å². The first-order valence-corrected chi connectivity index (χ1v) is 5.70. The van der Waals surface area contributed by atoms with Crippen molar-refractivity contribution < 1.29 is 9.84 Å². The molecule has 0 saturated carbocycles. The van der Waals surface area contributed by atoms with Crippen molar-refractivity contribution in [1.29, 1.82) is 0 Å². The Morgan fingerprint density at radius 1 is 1.26 bits per heavy atom. The number of aliphatic hydroxyl groups excluding tert-OH is 1. The second-order valence-electron chi connectivity index (χ2n) is 3.78. The van der Waals surface area contributed by atoms with E-state index in [0.29, 0.717) is 18.0 Å². The van der Waals surface area contributed by atoms with Gasteiger partial charge in [-0.1, -0.05) is 18.2 Å². The second-order valence-corrected chi connectivity index (χ2v) is 3.78. The summed E-state index contributed by atoms with van der Waals surface area (Å²) in [5, 5.41) is 9.01. The van der Waals surface area contributed by atoms with Gasteiger partial charge >= 0.3 is 0 Å². The Balaban J connectivity index is 2.28. The molecule has 0 bridgehead atoms. The maximum atomic E-state index is 9.01. The zero-order valence-corrected chi connectivity index (χ0v) is 10.2. The molecule has 0 aliphatic carbocycles. The summed E-state index contributed by atoms with van der Waals surface area (Å²) in [6.07, 6.45) is 0.499. The number of ether oxygens (including phenoxy) is 1. The SMILES string of the molecule is NNc1cc(Oc2ccccc2CCO)nc(N)n1. The van der Waals surface area contributed by atoms with E-state index in [2.05, 4.69) is 15.4 Å². The third-order valence-electron chi connectivity index (χ3n) is 2.44. The molecule has 0 radical (unpaired) electrons. The van der Waals surface area contributed by atoms with Gasteiger partial charge in [0, 0.05) is 12.7 Å². The lowest BCUT2D eigenvalue weighted by molar-refractivity contribution is 0.297. The van der Waals surface area contributed by atoms with Crippen LogP contribution in [-0.2, 0) is 6.42 Å². The van der Waals surface area contributed by atoms with E-state index in [1.165, 1.54) is 6.07 Å². The molecule has 0 aliphatic heterocycles. The summed E-state index contributed by atoms with van der Waals surface area (Å²) in [5.74, 6) is 6.59. The number of nitrogen functional groups attached to an aromatic ring is 2. The minimum atomic E-state index is 0.0435. The van der Waals surface area contributed by atoms with Gasteiger partial charge < -0.3 is 21.0 Å². The predicted octanol–water partition coefficient (Wildman–Crippen LogP) is 0.671. The lowest BCUT2D eigenvalue weighted by atomic mass is 10.1. The highest BCUT2D eigenvalue weighted by Gasteiger charge is 2.07. The molecule has 19 heavy (non-hydrogen) atoms. The molecule has 7 nitrogen and oxygen atoms in total. The number of nitrogens with two attached hydrogens (primary N) is 2. The highest BCUT2D eigenvalue weighted by molar-refractivity contribution is 5.44. The van der Waals surface area contributed by atoms with Crippen LogP contribution in [0.1, 0.15) is 5.56 Å². The normalized spacial score (nSPS) is 10.2. The molecule has 0 aliphatic rings. The van der Waals surface area contributed by atoms with Crippen LogP contribution < -0.4 is 21.7 Å². The molecule has 100 valence electrons. The van der Waals surface area contributed by atoms with Gasteiger partial charge in [-0.25, -0.2) is 5.84 Å². The molecular weight excluding hydrogens is 246 g/mol. The van der Waals surface area contributed by atoms with Crippen LogP contribution in [0, 0.1) is 0 Å². The van der Waals surface area contributed by atoms with Crippen molar-refractivity contribution in [2.75, 3.05) is 17.8 Å². The van der Waals surface area contributed by atoms with Crippen LogP contribution in [-0.4, -0.2) is 21.7 Å². The number of hydrogen-bond acceptors (Lipinski definition) is 7. The molecule has 2 rings (SSSR count). The maximum absolute atomic E-state index is 9.01. The maximum Gasteiger partial charge on any atom is 0.226 e. The van der Waals surface area contributed by atoms with E-state index in [4.69, 9.17) is 21.4 Å². The van der Waals surface area contributed by atoms with Crippen LogP contribution in [0.25, 0.3) is 0 Å². The van der Waals surface area contributed by atoms with E-state index >= 15 is 0 Å². The second kappa shape index (κ2) is 5.98. The molecule has 2 aromatic rings. The number of aliphatic hydroxyl groups is 1. The van der Waals surface area contributed by atoms with Crippen molar-refractivity contribution >= 4 is 11.8 Å². The third kappa shape index (κ3) is 3.30. The minimum Gasteiger partial charge on any atom is -0.438 e. The largest absolute Gasteiger partial charge is 0.438 e. The monoisotopic (exact) mass is 261 g/mol. The topological polar surface area (TPSA) is 119 Å². The molecule has 1 heterocycles. The lowest BCUT2D eigenvalue weighted by Gasteiger charge is -2.10. The van der Waals surface area contributed by atoms with Crippen molar-refractivity contribution in [3.05, 3.63) is 35.9 Å². The summed E-state index contributed by atoms with van der Waals surface area (Å²) in [5.41, 5.74) is 8.81. The minimum absolute atomic E-state index is 0.0435. The Morgan fingerprint density at radius 3 is 2.79 bits per heavy atom. The van der Waals surface area contributed by atoms with Gasteiger partial charge in [-0.3, -0.25) is 0 Å². The Hall–Kier alpha value is -2.38. The number of hydrazine groups is 1. The van der Waals surface area contributed by atoms with Gasteiger partial charge in [0.25, 0.3) is 0 Å². The summed E-state index contributed by atoms with van der Waals surface area (Å²) in [7, 11) is 0. The van der Waals surface area contributed by atoms with Crippen LogP contribution in [0.15, 0.2) is 30.3 Å². The number of hydrogen-bond donors (Lipinski definition) is 4. The standard InChI is InChI=1S/C12H15N5O2/c13-12-15-10(17-14)7-11(16-12)19-9-4-2-1-3-8(9)5-6-18/h1-4,7,18H,5-6,14H2,(H3,13,15,16,17). The Bertz CT molecular complexity index is 562. The van der Waals surface area contributed by atoms with Gasteiger partial charge in [-0.15, -0.1) is 0 Å². The molecule has 0 atom stereocenters. The van der Waals surface area contributed by atoms with E-state index in [1.807, 2.05) is 18.2 Å². The first kappa shape index (κ1) is 13.1. The van der Waals surface area contributed by atoms with E-state index in [0.717, 1.165) is 5.56 Å². The number of rotatable bonds is 5. The Morgan fingerprint density at radius 2 is 2.05 bits per heavy atom. The highest BCUT2D eigenvalue weighted by Crippen LogP contribution is 2.25. The van der Waals surface area contributed by atoms with Crippen LogP contribution in [0.4, 0.5) is 11.8 Å². The molecule has 6 N–H and O–H groups in total. The zero-order valence-electron chi connectivity index (χ0n) is 10.2. The van der Waals surface area contributed by atoms with Gasteiger partial charge in [-0.05, 0) is 18.1 Å². The average molecular weight is 261 g/mol. The molecule has 7 heteroatoms. The fourth-order valence-corrected chi connectivity index (χ4v) is 1.61. The summed E-state index contributed by atoms with van der Waals surface area (Å²) >= 11 is 0. The van der Waals surface area contributed by atoms with Crippen molar-refractivity contribution in [3.63, 3.8) is 0 Å². The molecule has 0 unspecified atom stereocenters. The number of anilines is 2. The van der Waals surface area contributed by atoms with Crippen molar-refractivity contribution in [2.45, 2.75) is 6.42 Å². The van der Waals surface area contributed by atoms with Crippen LogP contribution in [0.3, 0.4) is 0 Å². The molecule has 1 aromatic carbocycles. The number of benzene rings is 1. The molecule has 0 amide bonds. The molecule has 1 aromatic heterocycles. The van der Waals surface area contributed by atoms with Crippen molar-refractivity contribution in [2.24, 2.45) is 5.84 Å². The number of para-hydroxylation sites is 1. The number of nitrogens with zero attached hydrogens (tertiary/aromatic N) is 2. The number of nitrogens with one attached hydrogen (secondary N) is 1. The fourth-order valence-electron chi connectivity index (χ4n) is 1.61. The van der Waals surface area contributed by atoms with Crippen molar-refractivity contribution in [3.8, 4) is 11.6 Å². The zero-order chi connectivity index (χ0) is 13.7. The van der Waals surface area contributed by atoms with Gasteiger partial charge in [0.1, 0.15) is 11.6 Å². The van der Waals surface area contributed by atoms with Gasteiger partial charge in [0.05, 0.1) is 0 Å². The quantitative estimate of drug-likeness (QED) is 0.461. The lowest BCUT2D eigenvalue weighted by Crippen LogP contribution is -2.10. The summed E-state index contributed by atoms with van der Waals surface area (Å²) < 4.78 is 5.65. The molecule has 0 spiro atoms. The summed E-state index contributed by atoms with van der Waals surface area (Å²) in [6, 6.07) is 8.91. The summed E-state index contributed by atoms with van der Waals surface area (Å²) in [4.78, 5) is 7.83. The van der Waals surface area contributed by atoms with E-state index in [-0.39, 0.29) is 18.4 Å². The summed E-state index contributed by atoms with van der Waals surface area (Å²) in [6.45, 7) is 0.0435. The van der Waals surface area contributed by atoms with Gasteiger partial charge in [0.15, 0.2) is 0 Å². The van der Waals surface area contributed by atoms with E-state index in [1.54, 1.807) is 6.07 Å². The van der Waals surface area contributed by atoms with Gasteiger partial charge in [-0.2, -0.15) is 9.97 Å². The van der Waals surface area contributed by atoms with E-state index in [9.17, 15) is 0 Å². The highest BCUT2D eigenvalue weighted by atomic mass is 16.5. The van der Waals surface area contributed by atoms with Gasteiger partial charge in [0.2, 0.25) is 11.8 Å². The first-order chi connectivity index (χ1) is 9.22. The predicted molar refractivity (Wildman–Crippen MR) is 71.6 cm³/mol. The fraction of sp³-hybridized carbons (Fsp3) is 0.167.